The van der Waals surface area contributed by atoms with Gasteiger partial charge in [-0.3, -0.25) is 4.79 Å². The normalized spacial score (nSPS) is 11.1. The third-order valence-corrected chi connectivity index (χ3v) is 5.26. The predicted molar refractivity (Wildman–Crippen MR) is 96.5 cm³/mol. The van der Waals surface area contributed by atoms with Gasteiger partial charge in [0.05, 0.1) is 12.9 Å². The van der Waals surface area contributed by atoms with E-state index < -0.39 is 21.5 Å². The molecule has 128 valence electrons. The van der Waals surface area contributed by atoms with Crippen LogP contribution in [-0.2, 0) is 26.9 Å². The van der Waals surface area contributed by atoms with Gasteiger partial charge in [0.15, 0.2) is 9.84 Å². The van der Waals surface area contributed by atoms with Crippen LogP contribution in [0.3, 0.4) is 0 Å². The maximum atomic E-state index is 12.2. The van der Waals surface area contributed by atoms with Crippen LogP contribution in [0, 0.1) is 0 Å². The van der Waals surface area contributed by atoms with E-state index in [1.54, 1.807) is 31.4 Å². The molecule has 7 heteroatoms. The molecular weight excluding hydrogens is 394 g/mol. The van der Waals surface area contributed by atoms with Gasteiger partial charge in [-0.2, -0.15) is 0 Å². The van der Waals surface area contributed by atoms with Crippen LogP contribution in [0.1, 0.15) is 11.1 Å². The molecule has 0 spiro atoms. The van der Waals surface area contributed by atoms with E-state index >= 15 is 0 Å². The number of hydrogen-bond acceptors (Lipinski definition) is 4. The van der Waals surface area contributed by atoms with Crippen LogP contribution in [0.2, 0.25) is 0 Å². The minimum atomic E-state index is -3.53. The predicted octanol–water partition coefficient (Wildman–Crippen LogP) is 2.69. The number of rotatable bonds is 7. The van der Waals surface area contributed by atoms with Crippen LogP contribution >= 0.6 is 15.9 Å². The molecule has 0 unspecified atom stereocenters. The second-order valence-electron chi connectivity index (χ2n) is 5.25. The number of sulfone groups is 1. The molecule has 0 fully saturated rings. The zero-order valence-corrected chi connectivity index (χ0v) is 15.6. The number of methoxy groups -OCH3 is 1. The Balaban J connectivity index is 1.93. The van der Waals surface area contributed by atoms with E-state index in [0.717, 1.165) is 10.0 Å². The van der Waals surface area contributed by atoms with Gasteiger partial charge < -0.3 is 10.1 Å². The molecule has 2 aromatic rings. The largest absolute Gasteiger partial charge is 0.496 e. The van der Waals surface area contributed by atoms with E-state index in [4.69, 9.17) is 4.74 Å². The Morgan fingerprint density at radius 3 is 2.62 bits per heavy atom. The number of carbonyl (C=O) groups is 1. The van der Waals surface area contributed by atoms with Gasteiger partial charge in [-0.15, -0.1) is 0 Å². The first-order chi connectivity index (χ1) is 11.4. The van der Waals surface area contributed by atoms with Crippen molar-refractivity contribution in [2.24, 2.45) is 0 Å². The highest BCUT2D eigenvalue weighted by Gasteiger charge is 2.17. The number of para-hydroxylation sites is 1. The van der Waals surface area contributed by atoms with E-state index in [0.29, 0.717) is 11.3 Å². The lowest BCUT2D eigenvalue weighted by Crippen LogP contribution is -2.30. The first kappa shape index (κ1) is 18.5. The molecule has 1 amide bonds. The van der Waals surface area contributed by atoms with Crippen molar-refractivity contribution in [2.45, 2.75) is 12.3 Å². The van der Waals surface area contributed by atoms with Crippen LogP contribution in [0.25, 0.3) is 0 Å². The van der Waals surface area contributed by atoms with Gasteiger partial charge in [0.2, 0.25) is 5.91 Å². The Labute approximate surface area is 150 Å². The number of hydrogen-bond donors (Lipinski definition) is 1. The summed E-state index contributed by atoms with van der Waals surface area (Å²) in [4.78, 5) is 11.9. The highest BCUT2D eigenvalue weighted by Crippen LogP contribution is 2.17. The SMILES string of the molecule is COc1ccccc1CNC(=O)CS(=O)(=O)Cc1cccc(Br)c1. The number of nitrogens with one attached hydrogen (secondary N) is 1. The molecule has 0 radical (unpaired) electrons. The molecule has 24 heavy (non-hydrogen) atoms. The summed E-state index contributed by atoms with van der Waals surface area (Å²) in [5.41, 5.74) is 1.43. The number of ether oxygens (including phenoxy) is 1. The first-order valence-corrected chi connectivity index (χ1v) is 9.84. The first-order valence-electron chi connectivity index (χ1n) is 7.23. The fourth-order valence-electron chi connectivity index (χ4n) is 2.23. The summed E-state index contributed by atoms with van der Waals surface area (Å²) in [5, 5.41) is 2.62. The Morgan fingerprint density at radius 2 is 1.92 bits per heavy atom. The van der Waals surface area contributed by atoms with E-state index in [9.17, 15) is 13.2 Å². The number of carbonyl (C=O) groups excluding carboxylic acids is 1. The van der Waals surface area contributed by atoms with Gasteiger partial charge in [0, 0.05) is 16.6 Å². The summed E-state index contributed by atoms with van der Waals surface area (Å²) in [5.74, 6) is -0.603. The Bertz CT molecular complexity index is 821. The number of amides is 1. The van der Waals surface area contributed by atoms with Crippen molar-refractivity contribution in [1.82, 2.24) is 5.32 Å². The number of halogens is 1. The van der Waals surface area contributed by atoms with Crippen LogP contribution in [0.15, 0.2) is 53.0 Å². The van der Waals surface area contributed by atoms with Gasteiger partial charge in [0.1, 0.15) is 11.5 Å². The maximum absolute atomic E-state index is 12.2. The lowest BCUT2D eigenvalue weighted by Gasteiger charge is -2.10. The molecule has 0 aromatic heterocycles. The smallest absolute Gasteiger partial charge is 0.235 e. The van der Waals surface area contributed by atoms with Crippen LogP contribution < -0.4 is 10.1 Å². The average Bonchev–Trinajstić information content (AvgIpc) is 2.52. The summed E-state index contributed by atoms with van der Waals surface area (Å²) in [6.07, 6.45) is 0. The molecule has 5 nitrogen and oxygen atoms in total. The monoisotopic (exact) mass is 411 g/mol. The van der Waals surface area contributed by atoms with Crippen LogP contribution in [0.5, 0.6) is 5.75 Å². The molecule has 0 saturated heterocycles. The van der Waals surface area contributed by atoms with Crippen molar-refractivity contribution < 1.29 is 17.9 Å². The van der Waals surface area contributed by atoms with Gasteiger partial charge in [-0.25, -0.2) is 8.42 Å². The second-order valence-corrected chi connectivity index (χ2v) is 8.23. The molecule has 1 N–H and O–H groups in total. The van der Waals surface area contributed by atoms with E-state index in [1.165, 1.54) is 0 Å². The van der Waals surface area contributed by atoms with Gasteiger partial charge in [0.25, 0.3) is 0 Å². The highest BCUT2D eigenvalue weighted by atomic mass is 79.9. The zero-order valence-electron chi connectivity index (χ0n) is 13.2. The molecule has 0 aliphatic rings. The fraction of sp³-hybridized carbons (Fsp3) is 0.235. The summed E-state index contributed by atoms with van der Waals surface area (Å²) in [6, 6.07) is 14.3. The summed E-state index contributed by atoms with van der Waals surface area (Å²) < 4.78 is 30.3. The van der Waals surface area contributed by atoms with Gasteiger partial charge in [-0.05, 0) is 23.8 Å². The van der Waals surface area contributed by atoms with Crippen molar-refractivity contribution in [3.8, 4) is 5.75 Å². The van der Waals surface area contributed by atoms with Crippen molar-refractivity contribution >= 4 is 31.7 Å². The van der Waals surface area contributed by atoms with Crippen molar-refractivity contribution in [2.75, 3.05) is 12.9 Å². The fourth-order valence-corrected chi connectivity index (χ4v) is 3.96. The summed E-state index contributed by atoms with van der Waals surface area (Å²) in [6.45, 7) is 0.218. The maximum Gasteiger partial charge on any atom is 0.235 e. The highest BCUT2D eigenvalue weighted by molar-refractivity contribution is 9.10. The zero-order chi connectivity index (χ0) is 17.6. The molecule has 0 heterocycles. The molecule has 2 aromatic carbocycles. The third-order valence-electron chi connectivity index (χ3n) is 3.30. The Morgan fingerprint density at radius 1 is 1.17 bits per heavy atom. The standard InChI is InChI=1S/C17H18BrNO4S/c1-23-16-8-3-2-6-14(16)10-19-17(20)12-24(21,22)11-13-5-4-7-15(18)9-13/h2-9H,10-12H2,1H3,(H,19,20). The van der Waals surface area contributed by atoms with Crippen molar-refractivity contribution in [3.63, 3.8) is 0 Å². The van der Waals surface area contributed by atoms with E-state index in [2.05, 4.69) is 21.2 Å². The minimum Gasteiger partial charge on any atom is -0.496 e. The van der Waals surface area contributed by atoms with Crippen molar-refractivity contribution in [1.29, 1.82) is 0 Å². The van der Waals surface area contributed by atoms with Gasteiger partial charge in [-0.1, -0.05) is 46.3 Å². The minimum absolute atomic E-state index is 0.172. The quantitative estimate of drug-likeness (QED) is 0.759. The Kier molecular flexibility index (Phi) is 6.39. The van der Waals surface area contributed by atoms with Gasteiger partial charge >= 0.3 is 0 Å². The molecule has 0 saturated carbocycles. The third kappa shape index (κ3) is 5.65. The topological polar surface area (TPSA) is 72.5 Å². The number of benzene rings is 2. The summed E-state index contributed by atoms with van der Waals surface area (Å²) in [7, 11) is -1.99. The van der Waals surface area contributed by atoms with E-state index in [1.807, 2.05) is 24.3 Å². The van der Waals surface area contributed by atoms with Crippen LogP contribution in [0.4, 0.5) is 0 Å². The van der Waals surface area contributed by atoms with Crippen molar-refractivity contribution in [3.05, 3.63) is 64.1 Å². The molecular formula is C17H18BrNO4S. The lowest BCUT2D eigenvalue weighted by atomic mass is 10.2. The average molecular weight is 412 g/mol. The van der Waals surface area contributed by atoms with Crippen LogP contribution in [-0.4, -0.2) is 27.2 Å². The summed E-state index contributed by atoms with van der Waals surface area (Å²) >= 11 is 3.30. The van der Waals surface area contributed by atoms with E-state index in [-0.39, 0.29) is 12.3 Å². The molecule has 0 bridgehead atoms. The Hall–Kier alpha value is -1.86. The molecule has 2 rings (SSSR count). The molecule has 0 aliphatic carbocycles. The molecule has 0 atom stereocenters. The molecule has 0 aliphatic heterocycles. The lowest BCUT2D eigenvalue weighted by molar-refractivity contribution is -0.118. The second kappa shape index (κ2) is 8.30.